The summed E-state index contributed by atoms with van der Waals surface area (Å²) in [5.41, 5.74) is 6.51. The smallest absolute Gasteiger partial charge is 0.172 e. The van der Waals surface area contributed by atoms with Gasteiger partial charge in [-0.25, -0.2) is 0 Å². The van der Waals surface area contributed by atoms with Crippen molar-refractivity contribution in [1.29, 1.82) is 0 Å². The van der Waals surface area contributed by atoms with E-state index in [1.165, 1.54) is 0 Å². The first-order valence-electron chi connectivity index (χ1n) is 5.85. The Hall–Kier alpha value is -0.490. The Morgan fingerprint density at radius 1 is 1.42 bits per heavy atom. The molecule has 0 bridgehead atoms. The molecule has 0 saturated heterocycles. The van der Waals surface area contributed by atoms with E-state index < -0.39 is 5.41 Å². The molecule has 0 unspecified atom stereocenters. The molecule has 0 amide bonds. The minimum absolute atomic E-state index is 0. The monoisotopic (exact) mass is 353 g/mol. The largest absolute Gasteiger partial charge is 0.503 e. The number of benzene rings is 1. The second-order valence-corrected chi connectivity index (χ2v) is 5.76. The van der Waals surface area contributed by atoms with E-state index in [0.29, 0.717) is 16.8 Å². The van der Waals surface area contributed by atoms with Gasteiger partial charge in [-0.3, -0.25) is 0 Å². The van der Waals surface area contributed by atoms with Crippen LogP contribution in [0.4, 0.5) is 0 Å². The van der Waals surface area contributed by atoms with Gasteiger partial charge in [0.2, 0.25) is 0 Å². The number of aromatic hydroxyl groups is 1. The van der Waals surface area contributed by atoms with Crippen LogP contribution >= 0.6 is 28.3 Å². The van der Waals surface area contributed by atoms with Crippen LogP contribution in [0.3, 0.4) is 0 Å². The summed E-state index contributed by atoms with van der Waals surface area (Å²) in [6.07, 6.45) is 0. The molecule has 6 heteroatoms. The Morgan fingerprint density at radius 2 is 2.00 bits per heavy atom. The van der Waals surface area contributed by atoms with Crippen LogP contribution < -0.4 is 10.5 Å². The summed E-state index contributed by atoms with van der Waals surface area (Å²) in [6, 6.07) is 3.12. The van der Waals surface area contributed by atoms with Gasteiger partial charge in [0.1, 0.15) is 0 Å². The van der Waals surface area contributed by atoms with Gasteiger partial charge in [0.15, 0.2) is 11.5 Å². The SMILES string of the molecule is CCOc1cc([C@H](N)C(C)(C)CO)cc(Br)c1O.Cl. The fourth-order valence-corrected chi connectivity index (χ4v) is 2.05. The van der Waals surface area contributed by atoms with Crippen molar-refractivity contribution in [3.8, 4) is 11.5 Å². The maximum atomic E-state index is 9.83. The quantitative estimate of drug-likeness (QED) is 0.760. The molecule has 1 rings (SSSR count). The van der Waals surface area contributed by atoms with E-state index in [1.54, 1.807) is 12.1 Å². The van der Waals surface area contributed by atoms with E-state index in [1.807, 2.05) is 20.8 Å². The normalized spacial score (nSPS) is 12.7. The number of phenolic OH excluding ortho intramolecular Hbond substituents is 1. The van der Waals surface area contributed by atoms with E-state index in [0.717, 1.165) is 5.56 Å². The zero-order valence-electron chi connectivity index (χ0n) is 11.3. The van der Waals surface area contributed by atoms with Crippen molar-refractivity contribution >= 4 is 28.3 Å². The molecule has 0 aromatic heterocycles. The standard InChI is InChI=1S/C13H20BrNO3.ClH/c1-4-18-10-6-8(5-9(14)11(10)17)12(15)13(2,3)7-16;/h5-6,12,16-17H,4,7,15H2,1-3H3;1H/t12-;/m0./s1. The number of aliphatic hydroxyl groups is 1. The third kappa shape index (κ3) is 4.24. The molecule has 0 aliphatic carbocycles. The van der Waals surface area contributed by atoms with Crippen LogP contribution in [-0.2, 0) is 0 Å². The number of aliphatic hydroxyl groups excluding tert-OH is 1. The van der Waals surface area contributed by atoms with Gasteiger partial charge in [-0.05, 0) is 40.5 Å². The minimum Gasteiger partial charge on any atom is -0.503 e. The van der Waals surface area contributed by atoms with Crippen LogP contribution in [0.25, 0.3) is 0 Å². The van der Waals surface area contributed by atoms with Crippen molar-refractivity contribution in [3.05, 3.63) is 22.2 Å². The number of halogens is 2. The molecule has 0 aliphatic rings. The average Bonchev–Trinajstić information content (AvgIpc) is 2.34. The summed E-state index contributed by atoms with van der Waals surface area (Å²) in [5.74, 6) is 0.459. The van der Waals surface area contributed by atoms with Crippen molar-refractivity contribution in [3.63, 3.8) is 0 Å². The topological polar surface area (TPSA) is 75.7 Å². The van der Waals surface area contributed by atoms with Gasteiger partial charge < -0.3 is 20.7 Å². The van der Waals surface area contributed by atoms with E-state index in [4.69, 9.17) is 10.5 Å². The third-order valence-electron chi connectivity index (χ3n) is 2.96. The lowest BCUT2D eigenvalue weighted by Gasteiger charge is -2.30. The second-order valence-electron chi connectivity index (χ2n) is 4.91. The number of nitrogens with two attached hydrogens (primary N) is 1. The van der Waals surface area contributed by atoms with E-state index in [-0.39, 0.29) is 30.8 Å². The molecule has 4 nitrogen and oxygen atoms in total. The molecular weight excluding hydrogens is 334 g/mol. The Bertz CT molecular complexity index is 427. The number of rotatable bonds is 5. The van der Waals surface area contributed by atoms with Gasteiger partial charge in [-0.15, -0.1) is 12.4 Å². The van der Waals surface area contributed by atoms with Crippen molar-refractivity contribution in [2.24, 2.45) is 11.1 Å². The van der Waals surface area contributed by atoms with Crippen molar-refractivity contribution in [1.82, 2.24) is 0 Å². The molecule has 0 spiro atoms. The van der Waals surface area contributed by atoms with E-state index >= 15 is 0 Å². The van der Waals surface area contributed by atoms with Crippen LogP contribution in [0.2, 0.25) is 0 Å². The molecule has 0 radical (unpaired) electrons. The van der Waals surface area contributed by atoms with Crippen molar-refractivity contribution in [2.45, 2.75) is 26.8 Å². The summed E-state index contributed by atoms with van der Waals surface area (Å²) < 4.78 is 5.89. The lowest BCUT2D eigenvalue weighted by molar-refractivity contribution is 0.132. The third-order valence-corrected chi connectivity index (χ3v) is 3.56. The van der Waals surface area contributed by atoms with Gasteiger partial charge >= 0.3 is 0 Å². The Morgan fingerprint density at radius 3 is 2.47 bits per heavy atom. The van der Waals surface area contributed by atoms with Crippen molar-refractivity contribution < 1.29 is 14.9 Å². The molecule has 0 fully saturated rings. The van der Waals surface area contributed by atoms with Crippen molar-refractivity contribution in [2.75, 3.05) is 13.2 Å². The maximum Gasteiger partial charge on any atom is 0.172 e. The zero-order chi connectivity index (χ0) is 13.9. The molecule has 0 aliphatic heterocycles. The van der Waals surface area contributed by atoms with Crippen LogP contribution in [-0.4, -0.2) is 23.4 Å². The summed E-state index contributed by atoms with van der Waals surface area (Å²) in [4.78, 5) is 0. The predicted octanol–water partition coefficient (Wildman–Crippen LogP) is 2.99. The maximum absolute atomic E-state index is 9.83. The first kappa shape index (κ1) is 18.5. The molecule has 19 heavy (non-hydrogen) atoms. The Labute approximate surface area is 128 Å². The molecule has 1 aromatic carbocycles. The minimum atomic E-state index is -0.445. The van der Waals surface area contributed by atoms with Crippen LogP contribution in [0.5, 0.6) is 11.5 Å². The molecule has 1 aromatic rings. The molecule has 0 saturated carbocycles. The summed E-state index contributed by atoms with van der Waals surface area (Å²) in [5, 5.41) is 19.2. The number of hydrogen-bond donors (Lipinski definition) is 3. The van der Waals surface area contributed by atoms with Gasteiger partial charge in [-0.1, -0.05) is 13.8 Å². The fourth-order valence-electron chi connectivity index (χ4n) is 1.59. The van der Waals surface area contributed by atoms with Crippen LogP contribution in [0.15, 0.2) is 16.6 Å². The lowest BCUT2D eigenvalue weighted by Crippen LogP contribution is -2.32. The number of ether oxygens (including phenoxy) is 1. The molecular formula is C13H21BrClNO3. The average molecular weight is 355 g/mol. The highest BCUT2D eigenvalue weighted by Gasteiger charge is 2.28. The van der Waals surface area contributed by atoms with E-state index in [2.05, 4.69) is 15.9 Å². The summed E-state index contributed by atoms with van der Waals surface area (Å²) in [6.45, 7) is 6.06. The summed E-state index contributed by atoms with van der Waals surface area (Å²) in [7, 11) is 0. The molecule has 110 valence electrons. The highest BCUT2D eigenvalue weighted by atomic mass is 79.9. The van der Waals surface area contributed by atoms with Crippen LogP contribution in [0, 0.1) is 5.41 Å². The zero-order valence-corrected chi connectivity index (χ0v) is 13.7. The molecule has 4 N–H and O–H groups in total. The predicted molar refractivity (Wildman–Crippen MR) is 82.0 cm³/mol. The van der Waals surface area contributed by atoms with Gasteiger partial charge in [0.25, 0.3) is 0 Å². The highest BCUT2D eigenvalue weighted by Crippen LogP contribution is 2.40. The fraction of sp³-hybridized carbons (Fsp3) is 0.538. The number of phenols is 1. The molecule has 1 atom stereocenters. The summed E-state index contributed by atoms with van der Waals surface area (Å²) >= 11 is 3.28. The van der Waals surface area contributed by atoms with Gasteiger partial charge in [0.05, 0.1) is 11.1 Å². The molecule has 0 heterocycles. The van der Waals surface area contributed by atoms with E-state index in [9.17, 15) is 10.2 Å². The second kappa shape index (κ2) is 7.33. The van der Waals surface area contributed by atoms with Gasteiger partial charge in [0, 0.05) is 18.1 Å². The lowest BCUT2D eigenvalue weighted by atomic mass is 9.82. The first-order chi connectivity index (χ1) is 8.33. The highest BCUT2D eigenvalue weighted by molar-refractivity contribution is 9.10. The Kier molecular flexibility index (Phi) is 7.15. The van der Waals surface area contributed by atoms with Crippen LogP contribution in [0.1, 0.15) is 32.4 Å². The number of hydrogen-bond acceptors (Lipinski definition) is 4. The first-order valence-corrected chi connectivity index (χ1v) is 6.64. The Balaban J connectivity index is 0.00000324. The van der Waals surface area contributed by atoms with Gasteiger partial charge in [-0.2, -0.15) is 0 Å².